The summed E-state index contributed by atoms with van der Waals surface area (Å²) in [6, 6.07) is 0.192. The number of fused-ring (bicyclic) bond motifs is 1. The number of rotatable bonds is 2. The van der Waals surface area contributed by atoms with E-state index in [9.17, 15) is 5.11 Å². The molecule has 0 amide bonds. The van der Waals surface area contributed by atoms with Crippen molar-refractivity contribution in [3.05, 3.63) is 17.3 Å². The molecule has 0 aliphatic carbocycles. The van der Waals surface area contributed by atoms with Crippen LogP contribution in [0.2, 0.25) is 0 Å². The van der Waals surface area contributed by atoms with Gasteiger partial charge in [-0.15, -0.1) is 0 Å². The number of nitrogens with zero attached hydrogens (tertiary/aromatic N) is 3. The SMILES string of the molecule is CSc1nc(C)c2c(n1)N(C(C)C)C(O)C=C2. The number of aromatic nitrogens is 2. The molecule has 1 aliphatic heterocycles. The van der Waals surface area contributed by atoms with E-state index in [0.29, 0.717) is 0 Å². The molecule has 1 atom stereocenters. The largest absolute Gasteiger partial charge is 0.370 e. The number of thioether (sulfide) groups is 1. The molecule has 1 unspecified atom stereocenters. The molecule has 0 aromatic carbocycles. The van der Waals surface area contributed by atoms with E-state index in [1.54, 1.807) is 6.08 Å². The standard InChI is InChI=1S/C12H17N3OS/c1-7(2)15-10(16)6-5-9-8(3)13-12(17-4)14-11(9)15/h5-7,10,16H,1-4H3. The smallest absolute Gasteiger partial charge is 0.189 e. The van der Waals surface area contributed by atoms with Crippen molar-refractivity contribution in [3.63, 3.8) is 0 Å². The molecule has 1 aromatic rings. The highest BCUT2D eigenvalue weighted by molar-refractivity contribution is 7.98. The van der Waals surface area contributed by atoms with Gasteiger partial charge in [-0.1, -0.05) is 11.8 Å². The molecular formula is C12H17N3OS. The Labute approximate surface area is 106 Å². The zero-order valence-electron chi connectivity index (χ0n) is 10.5. The van der Waals surface area contributed by atoms with Gasteiger partial charge in [0.25, 0.3) is 0 Å². The van der Waals surface area contributed by atoms with E-state index in [1.165, 1.54) is 11.8 Å². The van der Waals surface area contributed by atoms with Gasteiger partial charge in [0.05, 0.1) is 5.69 Å². The van der Waals surface area contributed by atoms with Gasteiger partial charge < -0.3 is 10.0 Å². The van der Waals surface area contributed by atoms with Crippen LogP contribution in [0, 0.1) is 6.92 Å². The highest BCUT2D eigenvalue weighted by atomic mass is 32.2. The summed E-state index contributed by atoms with van der Waals surface area (Å²) in [5.41, 5.74) is 1.95. The Balaban J connectivity index is 2.58. The lowest BCUT2D eigenvalue weighted by molar-refractivity contribution is 0.206. The molecule has 0 fully saturated rings. The molecule has 0 radical (unpaired) electrons. The lowest BCUT2D eigenvalue weighted by Crippen LogP contribution is -2.42. The number of hydrogen-bond acceptors (Lipinski definition) is 5. The number of aliphatic hydroxyl groups excluding tert-OH is 1. The highest BCUT2D eigenvalue weighted by Gasteiger charge is 2.26. The molecule has 0 saturated heterocycles. The van der Waals surface area contributed by atoms with Gasteiger partial charge in [-0.2, -0.15) is 0 Å². The van der Waals surface area contributed by atoms with E-state index in [1.807, 2.05) is 38.0 Å². The molecule has 1 aromatic heterocycles. The molecule has 0 spiro atoms. The third-order valence-electron chi connectivity index (χ3n) is 2.80. The predicted octanol–water partition coefficient (Wildman–Crippen LogP) is 2.07. The van der Waals surface area contributed by atoms with Gasteiger partial charge in [0.15, 0.2) is 5.16 Å². The highest BCUT2D eigenvalue weighted by Crippen LogP contribution is 2.31. The summed E-state index contributed by atoms with van der Waals surface area (Å²) in [6.45, 7) is 6.06. The van der Waals surface area contributed by atoms with Gasteiger partial charge in [-0.05, 0) is 39.2 Å². The Morgan fingerprint density at radius 2 is 2.12 bits per heavy atom. The van der Waals surface area contributed by atoms with Crippen LogP contribution in [0.5, 0.6) is 0 Å². The van der Waals surface area contributed by atoms with Gasteiger partial charge >= 0.3 is 0 Å². The van der Waals surface area contributed by atoms with Crippen molar-refractivity contribution in [1.82, 2.24) is 9.97 Å². The molecule has 92 valence electrons. The molecular weight excluding hydrogens is 234 g/mol. The number of anilines is 1. The summed E-state index contributed by atoms with van der Waals surface area (Å²) in [5.74, 6) is 0.826. The Bertz CT molecular complexity index is 459. The number of aliphatic hydroxyl groups is 1. The van der Waals surface area contributed by atoms with Gasteiger partial charge in [-0.25, -0.2) is 9.97 Å². The zero-order valence-corrected chi connectivity index (χ0v) is 11.3. The third-order valence-corrected chi connectivity index (χ3v) is 3.35. The topological polar surface area (TPSA) is 49.2 Å². The molecule has 0 bridgehead atoms. The van der Waals surface area contributed by atoms with Crippen molar-refractivity contribution in [2.45, 2.75) is 38.2 Å². The predicted molar refractivity (Wildman–Crippen MR) is 71.2 cm³/mol. The van der Waals surface area contributed by atoms with Crippen molar-refractivity contribution < 1.29 is 5.11 Å². The summed E-state index contributed by atoms with van der Waals surface area (Å²) in [6.07, 6.45) is 5.03. The maximum Gasteiger partial charge on any atom is 0.189 e. The minimum absolute atomic E-state index is 0.192. The molecule has 17 heavy (non-hydrogen) atoms. The maximum absolute atomic E-state index is 10.0. The first-order chi connectivity index (χ1) is 8.04. The van der Waals surface area contributed by atoms with Gasteiger partial charge in [-0.3, -0.25) is 0 Å². The summed E-state index contributed by atoms with van der Waals surface area (Å²) < 4.78 is 0. The van der Waals surface area contributed by atoms with Crippen LogP contribution in [0.1, 0.15) is 25.1 Å². The van der Waals surface area contributed by atoms with Crippen LogP contribution in [-0.2, 0) is 0 Å². The molecule has 1 aliphatic rings. The average molecular weight is 251 g/mol. The van der Waals surface area contributed by atoms with Crippen LogP contribution < -0.4 is 4.90 Å². The molecule has 4 nitrogen and oxygen atoms in total. The second kappa shape index (κ2) is 4.66. The summed E-state index contributed by atoms with van der Waals surface area (Å²) >= 11 is 1.52. The minimum atomic E-state index is -0.605. The van der Waals surface area contributed by atoms with E-state index in [-0.39, 0.29) is 6.04 Å². The fourth-order valence-electron chi connectivity index (χ4n) is 1.97. The van der Waals surface area contributed by atoms with Crippen molar-refractivity contribution in [1.29, 1.82) is 0 Å². The van der Waals surface area contributed by atoms with Crippen LogP contribution in [0.3, 0.4) is 0 Å². The first-order valence-electron chi connectivity index (χ1n) is 5.62. The molecule has 5 heteroatoms. The van der Waals surface area contributed by atoms with E-state index in [0.717, 1.165) is 22.2 Å². The first-order valence-corrected chi connectivity index (χ1v) is 6.84. The van der Waals surface area contributed by atoms with Crippen LogP contribution in [0.4, 0.5) is 5.82 Å². The van der Waals surface area contributed by atoms with Crippen LogP contribution in [0.15, 0.2) is 11.2 Å². The number of hydrogen-bond donors (Lipinski definition) is 1. The molecule has 1 N–H and O–H groups in total. The normalized spacial score (nSPS) is 18.7. The molecule has 2 rings (SSSR count). The second-order valence-corrected chi connectivity index (χ2v) is 5.08. The van der Waals surface area contributed by atoms with Crippen molar-refractivity contribution in [3.8, 4) is 0 Å². The lowest BCUT2D eigenvalue weighted by Gasteiger charge is -2.35. The third kappa shape index (κ3) is 2.17. The zero-order chi connectivity index (χ0) is 12.6. The Kier molecular flexibility index (Phi) is 3.40. The quantitative estimate of drug-likeness (QED) is 0.644. The maximum atomic E-state index is 10.0. The number of aryl methyl sites for hydroxylation is 1. The van der Waals surface area contributed by atoms with Gasteiger partial charge in [0, 0.05) is 11.6 Å². The van der Waals surface area contributed by atoms with E-state index in [4.69, 9.17) is 0 Å². The summed E-state index contributed by atoms with van der Waals surface area (Å²) in [7, 11) is 0. The second-order valence-electron chi connectivity index (χ2n) is 4.31. The van der Waals surface area contributed by atoms with Gasteiger partial charge in [0.1, 0.15) is 12.0 Å². The van der Waals surface area contributed by atoms with E-state index in [2.05, 4.69) is 9.97 Å². The lowest BCUT2D eigenvalue weighted by atomic mass is 10.1. The Morgan fingerprint density at radius 3 is 2.71 bits per heavy atom. The minimum Gasteiger partial charge on any atom is -0.370 e. The van der Waals surface area contributed by atoms with Crippen molar-refractivity contribution >= 4 is 23.7 Å². The molecule has 2 heterocycles. The Morgan fingerprint density at radius 1 is 1.41 bits per heavy atom. The summed E-state index contributed by atoms with van der Waals surface area (Å²) in [5, 5.41) is 10.8. The Hall–Kier alpha value is -1.07. The van der Waals surface area contributed by atoms with Crippen molar-refractivity contribution in [2.24, 2.45) is 0 Å². The first kappa shape index (κ1) is 12.4. The van der Waals surface area contributed by atoms with Crippen LogP contribution >= 0.6 is 11.8 Å². The fourth-order valence-corrected chi connectivity index (χ4v) is 2.38. The fraction of sp³-hybridized carbons (Fsp3) is 0.500. The van der Waals surface area contributed by atoms with Gasteiger partial charge in [0.2, 0.25) is 0 Å². The summed E-state index contributed by atoms with van der Waals surface area (Å²) in [4.78, 5) is 10.8. The molecule has 0 saturated carbocycles. The van der Waals surface area contributed by atoms with Crippen LogP contribution in [-0.4, -0.2) is 33.6 Å². The average Bonchev–Trinajstić information content (AvgIpc) is 2.27. The monoisotopic (exact) mass is 251 g/mol. The van der Waals surface area contributed by atoms with E-state index >= 15 is 0 Å². The van der Waals surface area contributed by atoms with E-state index < -0.39 is 6.23 Å². The van der Waals surface area contributed by atoms with Crippen LogP contribution in [0.25, 0.3) is 6.08 Å². The van der Waals surface area contributed by atoms with Crippen molar-refractivity contribution in [2.75, 3.05) is 11.2 Å².